The average Bonchev–Trinajstić information content (AvgIpc) is 2.93. The van der Waals surface area contributed by atoms with Gasteiger partial charge in [-0.3, -0.25) is 0 Å². The van der Waals surface area contributed by atoms with Crippen LogP contribution in [0.4, 0.5) is 0 Å². The molecule has 1 aromatic heterocycles. The van der Waals surface area contributed by atoms with Crippen molar-refractivity contribution in [3.63, 3.8) is 0 Å². The summed E-state index contributed by atoms with van der Waals surface area (Å²) in [6, 6.07) is 2.91. The van der Waals surface area contributed by atoms with E-state index < -0.39 is 0 Å². The van der Waals surface area contributed by atoms with Crippen LogP contribution in [0.2, 0.25) is 0 Å². The summed E-state index contributed by atoms with van der Waals surface area (Å²) in [5.74, 6) is 0. The third kappa shape index (κ3) is 8.43. The van der Waals surface area contributed by atoms with Crippen LogP contribution in [0.15, 0.2) is 16.8 Å². The van der Waals surface area contributed by atoms with Crippen molar-refractivity contribution < 1.29 is 0 Å². The number of likely N-dealkylation sites (N-methyl/N-ethyl adjacent to an activating group) is 1. The lowest BCUT2D eigenvalue weighted by Crippen LogP contribution is -2.27. The number of rotatable bonds is 12. The Kier molecular flexibility index (Phi) is 10.1. The summed E-state index contributed by atoms with van der Waals surface area (Å²) < 4.78 is 0. The van der Waals surface area contributed by atoms with Crippen LogP contribution >= 0.6 is 11.3 Å². The van der Waals surface area contributed by atoms with Crippen molar-refractivity contribution in [2.24, 2.45) is 0 Å². The van der Waals surface area contributed by atoms with E-state index >= 15 is 0 Å². The normalized spacial score (nSPS) is 12.7. The zero-order chi connectivity index (χ0) is 13.8. The van der Waals surface area contributed by atoms with E-state index in [0.29, 0.717) is 6.04 Å². The molecule has 0 aromatic carbocycles. The summed E-state index contributed by atoms with van der Waals surface area (Å²) in [5.41, 5.74) is 1.49. The summed E-state index contributed by atoms with van der Waals surface area (Å²) in [4.78, 5) is 0. The van der Waals surface area contributed by atoms with Crippen molar-refractivity contribution in [2.75, 3.05) is 7.05 Å². The van der Waals surface area contributed by atoms with Gasteiger partial charge in [-0.2, -0.15) is 11.3 Å². The van der Waals surface area contributed by atoms with E-state index in [1.807, 2.05) is 0 Å². The standard InChI is InChI=1S/C17H31NS/c1-3-4-5-6-7-8-9-10-11-17(18-2)14-16-12-13-19-15-16/h12-13,15,17-18H,3-11,14H2,1-2H3. The highest BCUT2D eigenvalue weighted by Crippen LogP contribution is 2.14. The first-order valence-electron chi connectivity index (χ1n) is 8.05. The highest BCUT2D eigenvalue weighted by atomic mass is 32.1. The van der Waals surface area contributed by atoms with Crippen LogP contribution in [0.1, 0.15) is 70.3 Å². The summed E-state index contributed by atoms with van der Waals surface area (Å²) in [6.07, 6.45) is 13.8. The molecular weight excluding hydrogens is 250 g/mol. The van der Waals surface area contributed by atoms with Crippen molar-refractivity contribution in [1.82, 2.24) is 5.32 Å². The number of unbranched alkanes of at least 4 members (excludes halogenated alkanes) is 7. The molecule has 0 bridgehead atoms. The minimum atomic E-state index is 0.662. The zero-order valence-corrected chi connectivity index (χ0v) is 13.6. The molecule has 1 rings (SSSR count). The Labute approximate surface area is 123 Å². The Bertz CT molecular complexity index is 281. The summed E-state index contributed by atoms with van der Waals surface area (Å²) in [7, 11) is 2.10. The third-order valence-electron chi connectivity index (χ3n) is 3.88. The van der Waals surface area contributed by atoms with Gasteiger partial charge in [0.15, 0.2) is 0 Å². The SMILES string of the molecule is CCCCCCCCCCC(Cc1ccsc1)NC. The number of thiophene rings is 1. The van der Waals surface area contributed by atoms with Crippen LogP contribution in [-0.4, -0.2) is 13.1 Å². The van der Waals surface area contributed by atoms with Gasteiger partial charge < -0.3 is 5.32 Å². The summed E-state index contributed by atoms with van der Waals surface area (Å²) in [5, 5.41) is 7.92. The molecule has 2 heteroatoms. The van der Waals surface area contributed by atoms with Crippen molar-refractivity contribution in [2.45, 2.75) is 77.2 Å². The minimum Gasteiger partial charge on any atom is -0.317 e. The van der Waals surface area contributed by atoms with Gasteiger partial charge >= 0.3 is 0 Å². The second-order valence-electron chi connectivity index (χ2n) is 5.58. The Hall–Kier alpha value is -0.340. The van der Waals surface area contributed by atoms with Gasteiger partial charge in [0.2, 0.25) is 0 Å². The topological polar surface area (TPSA) is 12.0 Å². The van der Waals surface area contributed by atoms with Gasteiger partial charge in [0, 0.05) is 6.04 Å². The van der Waals surface area contributed by atoms with Crippen LogP contribution in [0.5, 0.6) is 0 Å². The maximum Gasteiger partial charge on any atom is 0.0105 e. The highest BCUT2D eigenvalue weighted by Gasteiger charge is 2.07. The van der Waals surface area contributed by atoms with E-state index in [4.69, 9.17) is 0 Å². The van der Waals surface area contributed by atoms with Gasteiger partial charge in [0.05, 0.1) is 0 Å². The molecule has 1 atom stereocenters. The fourth-order valence-corrected chi connectivity index (χ4v) is 3.25. The molecule has 1 heterocycles. The molecule has 110 valence electrons. The lowest BCUT2D eigenvalue weighted by atomic mass is 10.0. The van der Waals surface area contributed by atoms with Gasteiger partial charge in [-0.15, -0.1) is 0 Å². The molecule has 1 aromatic rings. The average molecular weight is 282 g/mol. The molecule has 1 unspecified atom stereocenters. The van der Waals surface area contributed by atoms with Crippen molar-refractivity contribution in [3.05, 3.63) is 22.4 Å². The molecule has 0 aliphatic rings. The van der Waals surface area contributed by atoms with Crippen LogP contribution in [0.25, 0.3) is 0 Å². The second-order valence-corrected chi connectivity index (χ2v) is 6.36. The molecule has 1 N–H and O–H groups in total. The number of hydrogen-bond acceptors (Lipinski definition) is 2. The molecule has 1 nitrogen and oxygen atoms in total. The van der Waals surface area contributed by atoms with Crippen LogP contribution < -0.4 is 5.32 Å². The van der Waals surface area contributed by atoms with Crippen molar-refractivity contribution in [3.8, 4) is 0 Å². The highest BCUT2D eigenvalue weighted by molar-refractivity contribution is 7.07. The van der Waals surface area contributed by atoms with Crippen LogP contribution in [-0.2, 0) is 6.42 Å². The van der Waals surface area contributed by atoms with Crippen molar-refractivity contribution in [1.29, 1.82) is 0 Å². The quantitative estimate of drug-likeness (QED) is 0.505. The van der Waals surface area contributed by atoms with Gasteiger partial charge in [0.25, 0.3) is 0 Å². The lowest BCUT2D eigenvalue weighted by Gasteiger charge is -2.15. The molecule has 0 aliphatic carbocycles. The molecule has 0 saturated carbocycles. The summed E-state index contributed by atoms with van der Waals surface area (Å²) >= 11 is 1.81. The van der Waals surface area contributed by atoms with Gasteiger partial charge in [-0.05, 0) is 42.3 Å². The smallest absolute Gasteiger partial charge is 0.0105 e. The van der Waals surface area contributed by atoms with E-state index in [0.717, 1.165) is 0 Å². The molecular formula is C17H31NS. The fourth-order valence-electron chi connectivity index (χ4n) is 2.57. The largest absolute Gasteiger partial charge is 0.317 e. The molecule has 0 amide bonds. The molecule has 0 radical (unpaired) electrons. The third-order valence-corrected chi connectivity index (χ3v) is 4.61. The first-order valence-corrected chi connectivity index (χ1v) is 8.99. The van der Waals surface area contributed by atoms with Crippen LogP contribution in [0.3, 0.4) is 0 Å². The molecule has 0 spiro atoms. The minimum absolute atomic E-state index is 0.662. The van der Waals surface area contributed by atoms with Gasteiger partial charge in [-0.1, -0.05) is 58.3 Å². The Morgan fingerprint density at radius 3 is 2.32 bits per heavy atom. The van der Waals surface area contributed by atoms with Gasteiger partial charge in [0.1, 0.15) is 0 Å². The fraction of sp³-hybridized carbons (Fsp3) is 0.765. The molecule has 0 fully saturated rings. The molecule has 19 heavy (non-hydrogen) atoms. The van der Waals surface area contributed by atoms with E-state index in [1.165, 1.54) is 69.8 Å². The second kappa shape index (κ2) is 11.5. The first kappa shape index (κ1) is 16.7. The van der Waals surface area contributed by atoms with E-state index in [1.54, 1.807) is 11.3 Å². The zero-order valence-electron chi connectivity index (χ0n) is 12.8. The number of hydrogen-bond donors (Lipinski definition) is 1. The lowest BCUT2D eigenvalue weighted by molar-refractivity contribution is 0.478. The van der Waals surface area contributed by atoms with E-state index in [9.17, 15) is 0 Å². The Morgan fingerprint density at radius 1 is 1.05 bits per heavy atom. The predicted molar refractivity (Wildman–Crippen MR) is 88.1 cm³/mol. The molecule has 0 aliphatic heterocycles. The predicted octanol–water partition coefficient (Wildman–Crippen LogP) is 5.41. The maximum absolute atomic E-state index is 3.46. The van der Waals surface area contributed by atoms with E-state index in [-0.39, 0.29) is 0 Å². The first-order chi connectivity index (χ1) is 9.36. The van der Waals surface area contributed by atoms with Crippen molar-refractivity contribution >= 4 is 11.3 Å². The molecule has 0 saturated heterocycles. The Balaban J connectivity index is 1.97. The Morgan fingerprint density at radius 2 is 1.74 bits per heavy atom. The van der Waals surface area contributed by atoms with E-state index in [2.05, 4.69) is 36.1 Å². The maximum atomic E-state index is 3.46. The monoisotopic (exact) mass is 281 g/mol. The van der Waals surface area contributed by atoms with Crippen LogP contribution in [0, 0.1) is 0 Å². The van der Waals surface area contributed by atoms with Gasteiger partial charge in [-0.25, -0.2) is 0 Å². The number of nitrogens with one attached hydrogen (secondary N) is 1. The summed E-state index contributed by atoms with van der Waals surface area (Å²) in [6.45, 7) is 2.28.